The number of nitrogens with zero attached hydrogens (tertiary/aromatic N) is 1. The van der Waals surface area contributed by atoms with Gasteiger partial charge in [-0.15, -0.1) is 0 Å². The van der Waals surface area contributed by atoms with E-state index in [1.807, 2.05) is 0 Å². The highest BCUT2D eigenvalue weighted by atomic mass is 32.2. The summed E-state index contributed by atoms with van der Waals surface area (Å²) in [6, 6.07) is 0.171. The summed E-state index contributed by atoms with van der Waals surface area (Å²) in [6.45, 7) is 12.0. The van der Waals surface area contributed by atoms with Crippen LogP contribution in [-0.2, 0) is 19.6 Å². The number of rotatable bonds is 8. The van der Waals surface area contributed by atoms with Crippen LogP contribution in [0.25, 0.3) is 0 Å². The van der Waals surface area contributed by atoms with Crippen molar-refractivity contribution in [2.45, 2.75) is 59.4 Å². The second-order valence-corrected chi connectivity index (χ2v) is 11.5. The molecule has 0 aromatic carbocycles. The Kier molecular flexibility index (Phi) is 6.07. The van der Waals surface area contributed by atoms with Crippen molar-refractivity contribution in [3.8, 4) is 0 Å². The number of ether oxygens (including phenoxy) is 1. The van der Waals surface area contributed by atoms with Crippen molar-refractivity contribution in [2.24, 2.45) is 22.7 Å². The topological polar surface area (TPSA) is 75.7 Å². The zero-order chi connectivity index (χ0) is 19.9. The van der Waals surface area contributed by atoms with E-state index >= 15 is 0 Å². The third-order valence-corrected chi connectivity index (χ3v) is 8.90. The molecule has 1 aliphatic heterocycles. The van der Waals surface area contributed by atoms with Gasteiger partial charge >= 0.3 is 0 Å². The van der Waals surface area contributed by atoms with Gasteiger partial charge in [0.25, 0.3) is 0 Å². The Morgan fingerprint density at radius 3 is 2.44 bits per heavy atom. The summed E-state index contributed by atoms with van der Waals surface area (Å²) in [5.41, 5.74) is -0.920. The van der Waals surface area contributed by atoms with Crippen LogP contribution in [0, 0.1) is 22.7 Å². The van der Waals surface area contributed by atoms with E-state index in [4.69, 9.17) is 4.74 Å². The number of carbonyl (C=O) groups is 1. The number of sulfonamides is 1. The third kappa shape index (κ3) is 4.11. The second-order valence-electron chi connectivity index (χ2n) is 9.71. The lowest BCUT2D eigenvalue weighted by molar-refractivity contribution is -0.128. The average molecular weight is 401 g/mol. The summed E-state index contributed by atoms with van der Waals surface area (Å²) in [6.07, 6.45) is 3.17. The van der Waals surface area contributed by atoms with Crippen LogP contribution in [0.5, 0.6) is 0 Å². The molecule has 1 saturated heterocycles. The quantitative estimate of drug-likeness (QED) is 0.675. The normalized spacial score (nSPS) is 32.3. The molecular weight excluding hydrogens is 364 g/mol. The minimum Gasteiger partial charge on any atom is -0.379 e. The van der Waals surface area contributed by atoms with Crippen LogP contribution in [0.4, 0.5) is 0 Å². The molecule has 3 atom stereocenters. The SMILES string of the molecule is CC(C)CC(CNS(=O)(=O)CC12CCC(CC1=O)C2(C)C)N1CCOCC1. The van der Waals surface area contributed by atoms with E-state index in [9.17, 15) is 13.2 Å². The number of nitrogens with one attached hydrogen (secondary N) is 1. The molecule has 0 aromatic rings. The Morgan fingerprint density at radius 1 is 1.26 bits per heavy atom. The van der Waals surface area contributed by atoms with Gasteiger partial charge in [0.2, 0.25) is 10.0 Å². The summed E-state index contributed by atoms with van der Waals surface area (Å²) in [7, 11) is -3.51. The summed E-state index contributed by atoms with van der Waals surface area (Å²) < 4.78 is 34.2. The molecule has 2 aliphatic carbocycles. The Labute approximate surface area is 164 Å². The van der Waals surface area contributed by atoms with Gasteiger partial charge in [-0.1, -0.05) is 27.7 Å². The standard InChI is InChI=1S/C20H36N2O4S/c1-15(2)11-17(22-7-9-26-10-8-22)13-21-27(24,25)14-20-6-5-16(12-18(20)23)19(20,3)4/h15-17,21H,5-14H2,1-4H3. The fourth-order valence-electron chi connectivity index (χ4n) is 5.56. The minimum atomic E-state index is -3.51. The Morgan fingerprint density at radius 2 is 1.93 bits per heavy atom. The molecule has 3 rings (SSSR count). The van der Waals surface area contributed by atoms with Crippen LogP contribution in [0.15, 0.2) is 0 Å². The molecule has 0 aromatic heterocycles. The molecule has 27 heavy (non-hydrogen) atoms. The number of Topliss-reactive ketones (excluding diaryl/α,β-unsaturated/α-hetero) is 1. The van der Waals surface area contributed by atoms with Crippen molar-refractivity contribution in [1.29, 1.82) is 0 Å². The smallest absolute Gasteiger partial charge is 0.212 e. The Balaban J connectivity index is 1.67. The van der Waals surface area contributed by atoms with Crippen molar-refractivity contribution < 1.29 is 17.9 Å². The van der Waals surface area contributed by atoms with Gasteiger partial charge in [-0.3, -0.25) is 9.69 Å². The van der Waals surface area contributed by atoms with E-state index in [1.54, 1.807) is 0 Å². The van der Waals surface area contributed by atoms with E-state index in [0.717, 1.165) is 25.9 Å². The van der Waals surface area contributed by atoms with Gasteiger partial charge in [-0.25, -0.2) is 13.1 Å². The fourth-order valence-corrected chi connectivity index (χ4v) is 7.43. The first-order valence-electron chi connectivity index (χ1n) is 10.4. The molecule has 2 saturated carbocycles. The largest absolute Gasteiger partial charge is 0.379 e. The molecule has 7 heteroatoms. The lowest BCUT2D eigenvalue weighted by Gasteiger charge is -2.37. The van der Waals surface area contributed by atoms with E-state index in [2.05, 4.69) is 37.3 Å². The Bertz CT molecular complexity index is 655. The van der Waals surface area contributed by atoms with Crippen molar-refractivity contribution in [3.63, 3.8) is 0 Å². The fraction of sp³-hybridized carbons (Fsp3) is 0.950. The van der Waals surface area contributed by atoms with Gasteiger partial charge in [0.15, 0.2) is 0 Å². The van der Waals surface area contributed by atoms with Gasteiger partial charge in [0, 0.05) is 37.5 Å². The monoisotopic (exact) mass is 400 g/mol. The van der Waals surface area contributed by atoms with Crippen molar-refractivity contribution in [2.75, 3.05) is 38.6 Å². The molecule has 0 amide bonds. The van der Waals surface area contributed by atoms with Gasteiger partial charge < -0.3 is 4.74 Å². The highest BCUT2D eigenvalue weighted by molar-refractivity contribution is 7.89. The highest BCUT2D eigenvalue weighted by Crippen LogP contribution is 2.64. The number of fused-ring (bicyclic) bond motifs is 2. The van der Waals surface area contributed by atoms with E-state index in [0.29, 0.717) is 44.4 Å². The number of hydrogen-bond donors (Lipinski definition) is 1. The molecule has 1 heterocycles. The first-order chi connectivity index (χ1) is 12.6. The molecular formula is C20H36N2O4S. The van der Waals surface area contributed by atoms with Gasteiger partial charge in [-0.05, 0) is 36.5 Å². The lowest BCUT2D eigenvalue weighted by Crippen LogP contribution is -2.51. The van der Waals surface area contributed by atoms with E-state index in [-0.39, 0.29) is 23.0 Å². The van der Waals surface area contributed by atoms with Crippen LogP contribution in [0.1, 0.15) is 53.4 Å². The zero-order valence-corrected chi connectivity index (χ0v) is 18.1. The molecule has 1 N–H and O–H groups in total. The van der Waals surface area contributed by atoms with E-state index < -0.39 is 15.4 Å². The number of morpholine rings is 1. The van der Waals surface area contributed by atoms with Crippen molar-refractivity contribution in [1.82, 2.24) is 9.62 Å². The second kappa shape index (κ2) is 7.73. The first-order valence-corrected chi connectivity index (χ1v) is 12.0. The minimum absolute atomic E-state index is 0.0557. The number of hydrogen-bond acceptors (Lipinski definition) is 5. The molecule has 156 valence electrons. The Hall–Kier alpha value is -0.500. The summed E-state index contributed by atoms with van der Waals surface area (Å²) >= 11 is 0. The van der Waals surface area contributed by atoms with Crippen LogP contribution in [0.2, 0.25) is 0 Å². The predicted molar refractivity (Wildman–Crippen MR) is 106 cm³/mol. The first kappa shape index (κ1) is 21.2. The van der Waals surface area contributed by atoms with Crippen LogP contribution in [-0.4, -0.2) is 63.7 Å². The van der Waals surface area contributed by atoms with Crippen molar-refractivity contribution >= 4 is 15.8 Å². The van der Waals surface area contributed by atoms with Crippen LogP contribution >= 0.6 is 0 Å². The zero-order valence-electron chi connectivity index (χ0n) is 17.3. The summed E-state index contributed by atoms with van der Waals surface area (Å²) in [5.74, 6) is 0.926. The predicted octanol–water partition coefficient (Wildman–Crippen LogP) is 2.05. The molecule has 6 nitrogen and oxygen atoms in total. The van der Waals surface area contributed by atoms with Crippen molar-refractivity contribution in [3.05, 3.63) is 0 Å². The molecule has 3 fully saturated rings. The maximum atomic E-state index is 13.0. The van der Waals surface area contributed by atoms with Gasteiger partial charge in [0.05, 0.1) is 19.0 Å². The maximum Gasteiger partial charge on any atom is 0.212 e. The molecule has 0 radical (unpaired) electrons. The summed E-state index contributed by atoms with van der Waals surface area (Å²) in [4.78, 5) is 15.0. The maximum absolute atomic E-state index is 13.0. The van der Waals surface area contributed by atoms with Crippen LogP contribution in [0.3, 0.4) is 0 Å². The summed E-state index contributed by atoms with van der Waals surface area (Å²) in [5, 5.41) is 0. The molecule has 0 spiro atoms. The molecule has 3 aliphatic rings. The lowest BCUT2D eigenvalue weighted by atomic mass is 9.70. The molecule has 3 unspecified atom stereocenters. The van der Waals surface area contributed by atoms with Crippen LogP contribution < -0.4 is 4.72 Å². The third-order valence-electron chi connectivity index (χ3n) is 7.42. The average Bonchev–Trinajstić information content (AvgIpc) is 2.93. The number of ketones is 1. The van der Waals surface area contributed by atoms with E-state index in [1.165, 1.54) is 0 Å². The van der Waals surface area contributed by atoms with Gasteiger partial charge in [0.1, 0.15) is 5.78 Å². The highest BCUT2D eigenvalue weighted by Gasteiger charge is 2.65. The number of carbonyl (C=O) groups excluding carboxylic acids is 1. The molecule has 2 bridgehead atoms. The van der Waals surface area contributed by atoms with Gasteiger partial charge in [-0.2, -0.15) is 0 Å².